The first kappa shape index (κ1) is 53.0. The van der Waals surface area contributed by atoms with E-state index in [1.165, 1.54) is 14.0 Å². The molecule has 0 spiro atoms. The molecule has 0 bridgehead atoms. The van der Waals surface area contributed by atoms with E-state index in [1.807, 2.05) is 32.8 Å². The van der Waals surface area contributed by atoms with Gasteiger partial charge < -0.3 is 73.2 Å². The summed E-state index contributed by atoms with van der Waals surface area (Å²) >= 11 is 0. The van der Waals surface area contributed by atoms with E-state index in [2.05, 4.69) is 10.1 Å². The Morgan fingerprint density at radius 1 is 0.919 bits per heavy atom. The Bertz CT molecular complexity index is 1420. The predicted molar refractivity (Wildman–Crippen MR) is 228 cm³/mol. The van der Waals surface area contributed by atoms with Gasteiger partial charge in [-0.3, -0.25) is 9.69 Å². The van der Waals surface area contributed by atoms with Gasteiger partial charge in [-0.25, -0.2) is 0 Å². The number of carbonyl (C=O) groups excluding carboxylic acids is 1. The van der Waals surface area contributed by atoms with E-state index in [0.29, 0.717) is 38.5 Å². The average Bonchev–Trinajstić information content (AvgIpc) is 3.22. The Morgan fingerprint density at radius 3 is 2.19 bits per heavy atom. The van der Waals surface area contributed by atoms with Gasteiger partial charge >= 0.3 is 5.97 Å². The van der Waals surface area contributed by atoms with Gasteiger partial charge in [-0.1, -0.05) is 32.9 Å². The summed E-state index contributed by atoms with van der Waals surface area (Å²) in [6.45, 7) is 20.9. The molecular weight excluding hydrogens is 810 g/mol. The second-order valence-corrected chi connectivity index (χ2v) is 19.2. The summed E-state index contributed by atoms with van der Waals surface area (Å²) in [6.07, 6.45) is -9.47. The molecule has 362 valence electrons. The average molecular weight is 892 g/mol. The van der Waals surface area contributed by atoms with Crippen LogP contribution in [0, 0.1) is 23.7 Å². The number of hydrogen-bond acceptors (Lipinski definition) is 18. The van der Waals surface area contributed by atoms with Crippen molar-refractivity contribution in [1.29, 1.82) is 0 Å². The molecule has 0 radical (unpaired) electrons. The fourth-order valence-electron chi connectivity index (χ4n) is 9.81. The first-order chi connectivity index (χ1) is 29.0. The lowest BCUT2D eigenvalue weighted by Crippen LogP contribution is -2.61. The van der Waals surface area contributed by atoms with Gasteiger partial charge in [-0.15, -0.1) is 0 Å². The van der Waals surface area contributed by atoms with Crippen molar-refractivity contribution >= 4 is 11.7 Å². The molecule has 62 heavy (non-hydrogen) atoms. The SMILES string of the molecule is CCC1OC(=O)[C@H](C)C(O[C@H]2C[C@@](C)(OC)[C@@H](O)[C@H](C)O2)[C@H](C)[C@@H](O[C@@H]2O[C@H](C)C[C@H](N(C)C)[C@H]2O)[C@](C)(O)C[C@@H](C)/C(=N\OCOCCN2CCOCC2)[C@H](C)[C@@H](O)[C@]1(C)O. The minimum atomic E-state index is -1.97. The lowest BCUT2D eigenvalue weighted by Gasteiger charge is -2.49. The van der Waals surface area contributed by atoms with Crippen LogP contribution in [0.1, 0.15) is 94.9 Å². The minimum Gasteiger partial charge on any atom is -0.459 e. The number of rotatable bonds is 13. The maximum absolute atomic E-state index is 14.4. The normalized spacial score (nSPS) is 45.4. The Labute approximate surface area is 369 Å². The van der Waals surface area contributed by atoms with Crippen LogP contribution in [-0.4, -0.2) is 199 Å². The number of carbonyl (C=O) groups is 1. The van der Waals surface area contributed by atoms with Gasteiger partial charge in [-0.2, -0.15) is 0 Å². The number of esters is 1. The Hall–Kier alpha value is -1.62. The van der Waals surface area contributed by atoms with Crippen LogP contribution in [-0.2, 0) is 47.5 Å². The molecule has 2 unspecified atom stereocenters. The molecule has 18 atom stereocenters. The van der Waals surface area contributed by atoms with E-state index in [-0.39, 0.29) is 38.2 Å². The fourth-order valence-corrected chi connectivity index (χ4v) is 9.81. The van der Waals surface area contributed by atoms with Gasteiger partial charge in [0.05, 0.1) is 73.2 Å². The van der Waals surface area contributed by atoms with Crippen LogP contribution >= 0.6 is 0 Å². The Balaban J connectivity index is 1.78. The number of aliphatic hydroxyl groups excluding tert-OH is 3. The van der Waals surface area contributed by atoms with Gasteiger partial charge in [0.2, 0.25) is 6.79 Å². The predicted octanol–water partition coefficient (Wildman–Crippen LogP) is 1.90. The molecule has 0 aromatic heterocycles. The van der Waals surface area contributed by atoms with E-state index in [1.54, 1.807) is 48.5 Å². The molecule has 18 nitrogen and oxygen atoms in total. The van der Waals surface area contributed by atoms with Crippen molar-refractivity contribution in [2.24, 2.45) is 28.8 Å². The minimum absolute atomic E-state index is 0.0234. The summed E-state index contributed by atoms with van der Waals surface area (Å²) in [4.78, 5) is 24.3. The number of hydrogen-bond donors (Lipinski definition) is 5. The second kappa shape index (κ2) is 22.7. The molecule has 18 heteroatoms. The Kier molecular flexibility index (Phi) is 19.4. The lowest BCUT2D eigenvalue weighted by molar-refractivity contribution is -0.317. The molecular formula is C44H81N3O15. The van der Waals surface area contributed by atoms with E-state index in [9.17, 15) is 30.3 Å². The second-order valence-electron chi connectivity index (χ2n) is 19.2. The zero-order valence-electron chi connectivity index (χ0n) is 39.6. The number of ether oxygens (including phenoxy) is 8. The van der Waals surface area contributed by atoms with Crippen LogP contribution in [0.2, 0.25) is 0 Å². The van der Waals surface area contributed by atoms with Crippen LogP contribution in [0.3, 0.4) is 0 Å². The van der Waals surface area contributed by atoms with Crippen LogP contribution in [0.25, 0.3) is 0 Å². The summed E-state index contributed by atoms with van der Waals surface area (Å²) in [5.74, 6) is -4.13. The first-order valence-electron chi connectivity index (χ1n) is 22.6. The number of oxime groups is 1. The standard InChI is InChI=1S/C44H81N3O15/c1-14-32-44(10,53)37(49)27(4)34(45-57-24-56-20-17-47-15-18-55-19-16-47)25(2)22-42(8,52)39(62-41-35(48)31(46(11)12)21-26(3)58-41)28(5)36(29(6)40(51)60-32)61-33-23-43(9,54-13)38(50)30(7)59-33/h25-33,35-39,41,48-50,52-53H,14-24H2,1-13H3/b45-34+/t25-,26-,27+,28+,29-,30+,31+,32?,33+,35-,36?,37-,38+,39-,41+,42-,43-,44-/m1/s1. The number of cyclic esters (lactones) is 1. The molecule has 0 aromatic rings. The zero-order valence-corrected chi connectivity index (χ0v) is 39.6. The molecule has 4 heterocycles. The van der Waals surface area contributed by atoms with Crippen molar-refractivity contribution in [2.75, 3.05) is 67.5 Å². The highest BCUT2D eigenvalue weighted by Crippen LogP contribution is 2.41. The monoisotopic (exact) mass is 892 g/mol. The largest absolute Gasteiger partial charge is 0.459 e. The highest BCUT2D eigenvalue weighted by Gasteiger charge is 2.53. The van der Waals surface area contributed by atoms with Crippen LogP contribution < -0.4 is 0 Å². The molecule has 4 rings (SSSR count). The number of aliphatic hydroxyl groups is 5. The quantitative estimate of drug-likeness (QED) is 0.0772. The number of methoxy groups -OCH3 is 1. The maximum atomic E-state index is 14.4. The summed E-state index contributed by atoms with van der Waals surface area (Å²) in [5.41, 5.74) is -4.48. The molecule has 0 saturated carbocycles. The molecule has 4 aliphatic heterocycles. The molecule has 0 aliphatic carbocycles. The topological polar surface area (TPSA) is 220 Å². The number of likely N-dealkylation sites (N-methyl/N-ethyl adjacent to an activating group) is 1. The molecule has 0 amide bonds. The van der Waals surface area contributed by atoms with Gasteiger partial charge in [0.1, 0.15) is 23.9 Å². The van der Waals surface area contributed by atoms with Crippen molar-refractivity contribution in [1.82, 2.24) is 9.80 Å². The van der Waals surface area contributed by atoms with E-state index < -0.39 is 102 Å². The van der Waals surface area contributed by atoms with Crippen molar-refractivity contribution in [3.63, 3.8) is 0 Å². The van der Waals surface area contributed by atoms with E-state index in [0.717, 1.165) is 13.1 Å². The number of morpholine rings is 1. The fraction of sp³-hybridized carbons (Fsp3) is 0.955. The van der Waals surface area contributed by atoms with Crippen molar-refractivity contribution < 1.29 is 73.1 Å². The highest BCUT2D eigenvalue weighted by atomic mass is 16.7. The van der Waals surface area contributed by atoms with Crippen LogP contribution in [0.4, 0.5) is 0 Å². The molecule has 4 aliphatic rings. The van der Waals surface area contributed by atoms with Gasteiger partial charge in [0.25, 0.3) is 0 Å². The smallest absolute Gasteiger partial charge is 0.311 e. The molecule has 4 saturated heterocycles. The lowest BCUT2D eigenvalue weighted by atomic mass is 9.73. The van der Waals surface area contributed by atoms with Gasteiger partial charge in [0, 0.05) is 57.0 Å². The van der Waals surface area contributed by atoms with Crippen LogP contribution in [0.15, 0.2) is 5.16 Å². The summed E-state index contributed by atoms with van der Waals surface area (Å²) in [6, 6.07) is -0.328. The third-order valence-electron chi connectivity index (χ3n) is 13.8. The first-order valence-corrected chi connectivity index (χ1v) is 22.6. The van der Waals surface area contributed by atoms with Gasteiger partial charge in [-0.05, 0) is 74.9 Å². The number of nitrogens with zero attached hydrogens (tertiary/aromatic N) is 3. The molecule has 4 fully saturated rings. The van der Waals surface area contributed by atoms with Gasteiger partial charge in [0.15, 0.2) is 12.6 Å². The Morgan fingerprint density at radius 2 is 1.58 bits per heavy atom. The summed E-state index contributed by atoms with van der Waals surface area (Å²) < 4.78 is 49.0. The van der Waals surface area contributed by atoms with E-state index in [4.69, 9.17) is 42.7 Å². The summed E-state index contributed by atoms with van der Waals surface area (Å²) in [5, 5.41) is 64.0. The van der Waals surface area contributed by atoms with Crippen molar-refractivity contribution in [3.8, 4) is 0 Å². The zero-order chi connectivity index (χ0) is 46.3. The third-order valence-corrected chi connectivity index (χ3v) is 13.8. The van der Waals surface area contributed by atoms with E-state index >= 15 is 0 Å². The maximum Gasteiger partial charge on any atom is 0.311 e. The highest BCUT2D eigenvalue weighted by molar-refractivity contribution is 5.88. The third kappa shape index (κ3) is 12.8. The molecule has 5 N–H and O–H groups in total. The summed E-state index contributed by atoms with van der Waals surface area (Å²) in [7, 11) is 5.23. The van der Waals surface area contributed by atoms with Crippen molar-refractivity contribution in [2.45, 2.75) is 179 Å². The van der Waals surface area contributed by atoms with Crippen LogP contribution in [0.5, 0.6) is 0 Å². The van der Waals surface area contributed by atoms with Crippen molar-refractivity contribution in [3.05, 3.63) is 0 Å². The molecule has 0 aromatic carbocycles.